The highest BCUT2D eigenvalue weighted by molar-refractivity contribution is 6.10. The summed E-state index contributed by atoms with van der Waals surface area (Å²) in [6.45, 7) is -0.332. The van der Waals surface area contributed by atoms with Crippen molar-refractivity contribution in [2.45, 2.75) is 50.5 Å². The van der Waals surface area contributed by atoms with E-state index in [-0.39, 0.29) is 12.5 Å². The lowest BCUT2D eigenvalue weighted by Crippen LogP contribution is -2.47. The molecule has 0 bridgehead atoms. The first-order valence-electron chi connectivity index (χ1n) is 9.65. The number of methoxy groups -OCH3 is 2. The lowest BCUT2D eigenvalue weighted by Gasteiger charge is -2.28. The van der Waals surface area contributed by atoms with Gasteiger partial charge in [-0.3, -0.25) is 14.5 Å². The van der Waals surface area contributed by atoms with Gasteiger partial charge in [0.25, 0.3) is 5.91 Å². The molecule has 8 nitrogen and oxygen atoms in total. The van der Waals surface area contributed by atoms with Crippen molar-refractivity contribution in [1.29, 1.82) is 0 Å². The van der Waals surface area contributed by atoms with Gasteiger partial charge in [0.1, 0.15) is 23.6 Å². The minimum atomic E-state index is -0.852. The first-order chi connectivity index (χ1) is 13.5. The van der Waals surface area contributed by atoms with Crippen LogP contribution in [0.25, 0.3) is 0 Å². The van der Waals surface area contributed by atoms with Crippen molar-refractivity contribution in [2.75, 3.05) is 26.1 Å². The minimum Gasteiger partial charge on any atom is -0.497 e. The van der Waals surface area contributed by atoms with Crippen molar-refractivity contribution in [1.82, 2.24) is 10.2 Å². The molecule has 152 valence electrons. The average Bonchev–Trinajstić information content (AvgIpc) is 2.90. The van der Waals surface area contributed by atoms with Crippen LogP contribution in [0, 0.1) is 0 Å². The van der Waals surface area contributed by atoms with E-state index in [0.29, 0.717) is 30.0 Å². The fourth-order valence-electron chi connectivity index (χ4n) is 3.90. The molecule has 2 aliphatic rings. The third kappa shape index (κ3) is 4.05. The lowest BCUT2D eigenvalue weighted by atomic mass is 9.84. The number of urea groups is 1. The maximum absolute atomic E-state index is 13.0. The van der Waals surface area contributed by atoms with Crippen LogP contribution in [-0.2, 0) is 9.59 Å². The molecule has 1 aliphatic carbocycles. The highest BCUT2D eigenvalue weighted by Crippen LogP contribution is 2.32. The molecule has 1 spiro atoms. The van der Waals surface area contributed by atoms with E-state index in [1.807, 2.05) is 0 Å². The SMILES string of the molecule is COc1ccc(NC(=O)CN2C(=O)NC3(CCCCCCC3)C2=O)c(OC)c1. The Morgan fingerprint density at radius 1 is 1.11 bits per heavy atom. The van der Waals surface area contributed by atoms with E-state index < -0.39 is 17.5 Å². The van der Waals surface area contributed by atoms with Crippen molar-refractivity contribution < 1.29 is 23.9 Å². The summed E-state index contributed by atoms with van der Waals surface area (Å²) in [5.41, 5.74) is -0.406. The normalized spacial score (nSPS) is 19.0. The second-order valence-electron chi connectivity index (χ2n) is 7.29. The van der Waals surface area contributed by atoms with E-state index in [9.17, 15) is 14.4 Å². The highest BCUT2D eigenvalue weighted by atomic mass is 16.5. The zero-order chi connectivity index (χ0) is 20.1. The van der Waals surface area contributed by atoms with Gasteiger partial charge in [0.05, 0.1) is 19.9 Å². The number of nitrogens with one attached hydrogen (secondary N) is 2. The van der Waals surface area contributed by atoms with Crippen LogP contribution < -0.4 is 20.1 Å². The van der Waals surface area contributed by atoms with Gasteiger partial charge in [0, 0.05) is 6.07 Å². The van der Waals surface area contributed by atoms with Gasteiger partial charge in [0.2, 0.25) is 5.91 Å². The fraction of sp³-hybridized carbons (Fsp3) is 0.550. The number of anilines is 1. The zero-order valence-electron chi connectivity index (χ0n) is 16.4. The fourth-order valence-corrected chi connectivity index (χ4v) is 3.90. The summed E-state index contributed by atoms with van der Waals surface area (Å²) in [5, 5.41) is 5.56. The van der Waals surface area contributed by atoms with Crippen LogP contribution in [0.1, 0.15) is 44.9 Å². The molecular formula is C20H27N3O5. The molecule has 1 heterocycles. The number of carbonyl (C=O) groups is 3. The molecule has 8 heteroatoms. The Hall–Kier alpha value is -2.77. The number of benzene rings is 1. The first-order valence-corrected chi connectivity index (χ1v) is 9.65. The van der Waals surface area contributed by atoms with E-state index in [2.05, 4.69) is 10.6 Å². The van der Waals surface area contributed by atoms with E-state index in [4.69, 9.17) is 9.47 Å². The summed E-state index contributed by atoms with van der Waals surface area (Å²) < 4.78 is 10.4. The molecule has 28 heavy (non-hydrogen) atoms. The summed E-state index contributed by atoms with van der Waals surface area (Å²) in [5.74, 6) is 0.266. The molecule has 2 N–H and O–H groups in total. The van der Waals surface area contributed by atoms with Crippen LogP contribution in [0.2, 0.25) is 0 Å². The maximum Gasteiger partial charge on any atom is 0.325 e. The number of imide groups is 1. The van der Waals surface area contributed by atoms with Gasteiger partial charge in [-0.15, -0.1) is 0 Å². The Bertz CT molecular complexity index is 756. The van der Waals surface area contributed by atoms with E-state index in [1.165, 1.54) is 14.2 Å². The topological polar surface area (TPSA) is 97.0 Å². The van der Waals surface area contributed by atoms with Crippen LogP contribution in [0.3, 0.4) is 0 Å². The number of ether oxygens (including phenoxy) is 2. The van der Waals surface area contributed by atoms with Crippen LogP contribution in [0.15, 0.2) is 18.2 Å². The van der Waals surface area contributed by atoms with E-state index in [0.717, 1.165) is 37.0 Å². The van der Waals surface area contributed by atoms with Gasteiger partial charge in [-0.2, -0.15) is 0 Å². The Morgan fingerprint density at radius 2 is 1.79 bits per heavy atom. The second kappa shape index (κ2) is 8.50. The van der Waals surface area contributed by atoms with Crippen molar-refractivity contribution in [3.05, 3.63) is 18.2 Å². The monoisotopic (exact) mass is 389 g/mol. The number of carbonyl (C=O) groups excluding carboxylic acids is 3. The lowest BCUT2D eigenvalue weighted by molar-refractivity contribution is -0.134. The predicted octanol–water partition coefficient (Wildman–Crippen LogP) is 2.68. The average molecular weight is 389 g/mol. The number of amides is 4. The smallest absolute Gasteiger partial charge is 0.325 e. The molecule has 0 radical (unpaired) electrons. The largest absolute Gasteiger partial charge is 0.497 e. The zero-order valence-corrected chi connectivity index (χ0v) is 16.4. The van der Waals surface area contributed by atoms with E-state index >= 15 is 0 Å². The molecule has 0 aromatic heterocycles. The van der Waals surface area contributed by atoms with Gasteiger partial charge in [-0.25, -0.2) is 4.79 Å². The van der Waals surface area contributed by atoms with Crippen molar-refractivity contribution in [2.24, 2.45) is 0 Å². The van der Waals surface area contributed by atoms with Crippen LogP contribution in [-0.4, -0.2) is 49.0 Å². The number of hydrogen-bond acceptors (Lipinski definition) is 5. The number of hydrogen-bond donors (Lipinski definition) is 2. The molecule has 0 unspecified atom stereocenters. The molecule has 1 aromatic carbocycles. The van der Waals surface area contributed by atoms with Gasteiger partial charge in [-0.1, -0.05) is 32.1 Å². The molecule has 2 fully saturated rings. The highest BCUT2D eigenvalue weighted by Gasteiger charge is 2.50. The molecule has 1 saturated carbocycles. The minimum absolute atomic E-state index is 0.295. The second-order valence-corrected chi connectivity index (χ2v) is 7.29. The Morgan fingerprint density at radius 3 is 2.43 bits per heavy atom. The van der Waals surface area contributed by atoms with Crippen molar-refractivity contribution >= 4 is 23.5 Å². The molecule has 0 atom stereocenters. The summed E-state index contributed by atoms with van der Waals surface area (Å²) in [6.07, 6.45) is 6.33. The number of nitrogens with zero attached hydrogens (tertiary/aromatic N) is 1. The van der Waals surface area contributed by atoms with Crippen LogP contribution in [0.5, 0.6) is 11.5 Å². The van der Waals surface area contributed by atoms with Crippen LogP contribution >= 0.6 is 0 Å². The maximum atomic E-state index is 13.0. The molecule has 1 aliphatic heterocycles. The molecule has 1 saturated heterocycles. The molecular weight excluding hydrogens is 362 g/mol. The Kier molecular flexibility index (Phi) is 6.06. The van der Waals surface area contributed by atoms with E-state index in [1.54, 1.807) is 18.2 Å². The van der Waals surface area contributed by atoms with Crippen LogP contribution in [0.4, 0.5) is 10.5 Å². The van der Waals surface area contributed by atoms with Gasteiger partial charge in [-0.05, 0) is 25.0 Å². The summed E-state index contributed by atoms with van der Waals surface area (Å²) in [7, 11) is 3.02. The summed E-state index contributed by atoms with van der Waals surface area (Å²) >= 11 is 0. The van der Waals surface area contributed by atoms with Gasteiger partial charge >= 0.3 is 6.03 Å². The quantitative estimate of drug-likeness (QED) is 0.755. The van der Waals surface area contributed by atoms with Gasteiger partial charge in [0.15, 0.2) is 0 Å². The van der Waals surface area contributed by atoms with Crippen molar-refractivity contribution in [3.8, 4) is 11.5 Å². The summed E-state index contributed by atoms with van der Waals surface area (Å²) in [4.78, 5) is 38.9. The number of rotatable bonds is 5. The molecule has 3 rings (SSSR count). The molecule has 4 amide bonds. The first kappa shape index (κ1) is 20.0. The standard InChI is InChI=1S/C20H27N3O5/c1-27-14-8-9-15(16(12-14)28-2)21-17(24)13-23-18(25)20(22-19(23)26)10-6-4-3-5-7-11-20/h8-9,12H,3-7,10-11,13H2,1-2H3,(H,21,24)(H,22,26). The Balaban J connectivity index is 1.68. The van der Waals surface area contributed by atoms with Crippen molar-refractivity contribution in [3.63, 3.8) is 0 Å². The third-order valence-corrected chi connectivity index (χ3v) is 5.44. The third-order valence-electron chi connectivity index (χ3n) is 5.44. The summed E-state index contributed by atoms with van der Waals surface area (Å²) in [6, 6.07) is 4.49. The van der Waals surface area contributed by atoms with Gasteiger partial charge < -0.3 is 20.1 Å². The predicted molar refractivity (Wildman–Crippen MR) is 103 cm³/mol. The molecule has 1 aromatic rings. The Labute approximate surface area is 164 Å².